The number of piperidine rings is 1. The van der Waals surface area contributed by atoms with Gasteiger partial charge >= 0.3 is 0 Å². The summed E-state index contributed by atoms with van der Waals surface area (Å²) in [6.07, 6.45) is 2.42. The number of aromatic hydroxyl groups is 1. The molecule has 0 spiro atoms. The van der Waals surface area contributed by atoms with Crippen molar-refractivity contribution in [3.63, 3.8) is 0 Å². The Morgan fingerprint density at radius 2 is 2.07 bits per heavy atom. The summed E-state index contributed by atoms with van der Waals surface area (Å²) < 4.78 is 5.80. The van der Waals surface area contributed by atoms with Crippen LogP contribution in [0.4, 0.5) is 0 Å². The molecule has 1 N–H and O–H groups in total. The standard InChI is InChI=1S/C12H17NO2/c1-13-7-5-11(6-8-13)15-12-4-2-3-10(14)9-12/h2-4,9,11,14H,5-8H2,1H3. The molecule has 0 atom stereocenters. The fraction of sp³-hybridized carbons (Fsp3) is 0.500. The van der Waals surface area contributed by atoms with Gasteiger partial charge in [-0.05, 0) is 32.0 Å². The number of rotatable bonds is 2. The summed E-state index contributed by atoms with van der Waals surface area (Å²) in [7, 11) is 2.13. The maximum Gasteiger partial charge on any atom is 0.123 e. The van der Waals surface area contributed by atoms with E-state index in [1.165, 1.54) is 0 Å². The Balaban J connectivity index is 1.92. The highest BCUT2D eigenvalue weighted by Gasteiger charge is 2.17. The van der Waals surface area contributed by atoms with Gasteiger partial charge in [0.05, 0.1) is 0 Å². The summed E-state index contributed by atoms with van der Waals surface area (Å²) >= 11 is 0. The zero-order chi connectivity index (χ0) is 10.7. The van der Waals surface area contributed by atoms with Gasteiger partial charge in [-0.1, -0.05) is 6.07 Å². The SMILES string of the molecule is CN1CCC(Oc2cccc(O)c2)CC1. The smallest absolute Gasteiger partial charge is 0.123 e. The molecular weight excluding hydrogens is 190 g/mol. The van der Waals surface area contributed by atoms with Gasteiger partial charge in [0.25, 0.3) is 0 Å². The van der Waals surface area contributed by atoms with Crippen molar-refractivity contribution < 1.29 is 9.84 Å². The van der Waals surface area contributed by atoms with Gasteiger partial charge in [-0.15, -0.1) is 0 Å². The molecule has 82 valence electrons. The maximum atomic E-state index is 9.30. The summed E-state index contributed by atoms with van der Waals surface area (Å²) in [5, 5.41) is 9.30. The van der Waals surface area contributed by atoms with Crippen molar-refractivity contribution in [3.8, 4) is 11.5 Å². The van der Waals surface area contributed by atoms with Crippen LogP contribution in [0.3, 0.4) is 0 Å². The molecule has 1 heterocycles. The molecule has 1 aliphatic rings. The van der Waals surface area contributed by atoms with Gasteiger partial charge in [-0.2, -0.15) is 0 Å². The zero-order valence-electron chi connectivity index (χ0n) is 9.02. The highest BCUT2D eigenvalue weighted by atomic mass is 16.5. The zero-order valence-corrected chi connectivity index (χ0v) is 9.02. The molecular formula is C12H17NO2. The summed E-state index contributed by atoms with van der Waals surface area (Å²) in [5.41, 5.74) is 0. The van der Waals surface area contributed by atoms with Gasteiger partial charge < -0.3 is 14.7 Å². The first-order valence-corrected chi connectivity index (χ1v) is 5.38. The van der Waals surface area contributed by atoms with Crippen LogP contribution in [0.1, 0.15) is 12.8 Å². The summed E-state index contributed by atoms with van der Waals surface area (Å²) in [6, 6.07) is 7.01. The molecule has 2 rings (SSSR count). The van der Waals surface area contributed by atoms with Crippen LogP contribution in [0.15, 0.2) is 24.3 Å². The van der Waals surface area contributed by atoms with Crippen molar-refractivity contribution in [2.75, 3.05) is 20.1 Å². The van der Waals surface area contributed by atoms with E-state index in [1.54, 1.807) is 18.2 Å². The monoisotopic (exact) mass is 207 g/mol. The highest BCUT2D eigenvalue weighted by Crippen LogP contribution is 2.21. The van der Waals surface area contributed by atoms with Crippen LogP contribution in [-0.4, -0.2) is 36.2 Å². The number of hydrogen-bond donors (Lipinski definition) is 1. The average molecular weight is 207 g/mol. The van der Waals surface area contributed by atoms with Gasteiger partial charge in [-0.25, -0.2) is 0 Å². The molecule has 0 bridgehead atoms. The molecule has 1 saturated heterocycles. The molecule has 1 aromatic rings. The number of phenolic OH excluding ortho intramolecular Hbond substituents is 1. The van der Waals surface area contributed by atoms with Crippen LogP contribution < -0.4 is 4.74 Å². The third-order valence-electron chi connectivity index (χ3n) is 2.79. The van der Waals surface area contributed by atoms with E-state index >= 15 is 0 Å². The molecule has 0 aromatic heterocycles. The van der Waals surface area contributed by atoms with E-state index in [4.69, 9.17) is 4.74 Å². The largest absolute Gasteiger partial charge is 0.508 e. The Kier molecular flexibility index (Phi) is 3.11. The fourth-order valence-electron chi connectivity index (χ4n) is 1.85. The minimum Gasteiger partial charge on any atom is -0.508 e. The molecule has 0 saturated carbocycles. The first kappa shape index (κ1) is 10.3. The molecule has 1 aliphatic heterocycles. The summed E-state index contributed by atoms with van der Waals surface area (Å²) in [4.78, 5) is 2.31. The lowest BCUT2D eigenvalue weighted by molar-refractivity contribution is 0.114. The Morgan fingerprint density at radius 3 is 2.73 bits per heavy atom. The van der Waals surface area contributed by atoms with Crippen molar-refractivity contribution in [1.29, 1.82) is 0 Å². The molecule has 0 unspecified atom stereocenters. The first-order valence-electron chi connectivity index (χ1n) is 5.38. The number of benzene rings is 1. The molecule has 15 heavy (non-hydrogen) atoms. The minimum absolute atomic E-state index is 0.264. The predicted octanol–water partition coefficient (Wildman–Crippen LogP) is 1.87. The molecule has 3 nitrogen and oxygen atoms in total. The summed E-state index contributed by atoms with van der Waals surface area (Å²) in [5.74, 6) is 1.03. The number of nitrogens with zero attached hydrogens (tertiary/aromatic N) is 1. The second-order valence-corrected chi connectivity index (χ2v) is 4.12. The Hall–Kier alpha value is -1.22. The van der Waals surface area contributed by atoms with Crippen LogP contribution in [-0.2, 0) is 0 Å². The van der Waals surface area contributed by atoms with Crippen molar-refractivity contribution in [3.05, 3.63) is 24.3 Å². The second kappa shape index (κ2) is 4.53. The molecule has 3 heteroatoms. The Bertz CT molecular complexity index is 319. The summed E-state index contributed by atoms with van der Waals surface area (Å²) in [6.45, 7) is 2.17. The number of hydrogen-bond acceptors (Lipinski definition) is 3. The van der Waals surface area contributed by atoms with Crippen molar-refractivity contribution in [1.82, 2.24) is 4.90 Å². The van der Waals surface area contributed by atoms with Gasteiger partial charge in [0.2, 0.25) is 0 Å². The maximum absolute atomic E-state index is 9.30. The van der Waals surface area contributed by atoms with Crippen molar-refractivity contribution >= 4 is 0 Å². The lowest BCUT2D eigenvalue weighted by atomic mass is 10.1. The van der Waals surface area contributed by atoms with Crippen LogP contribution >= 0.6 is 0 Å². The Morgan fingerprint density at radius 1 is 1.33 bits per heavy atom. The molecule has 1 fully saturated rings. The fourth-order valence-corrected chi connectivity index (χ4v) is 1.85. The minimum atomic E-state index is 0.264. The second-order valence-electron chi connectivity index (χ2n) is 4.12. The van der Waals surface area contributed by atoms with E-state index in [-0.39, 0.29) is 5.75 Å². The van der Waals surface area contributed by atoms with E-state index in [0.717, 1.165) is 31.7 Å². The third kappa shape index (κ3) is 2.86. The average Bonchev–Trinajstić information content (AvgIpc) is 2.22. The van der Waals surface area contributed by atoms with Crippen LogP contribution in [0, 0.1) is 0 Å². The van der Waals surface area contributed by atoms with E-state index in [2.05, 4.69) is 11.9 Å². The van der Waals surface area contributed by atoms with Crippen LogP contribution in [0.2, 0.25) is 0 Å². The number of ether oxygens (including phenoxy) is 1. The Labute approximate surface area is 90.3 Å². The number of likely N-dealkylation sites (tertiary alicyclic amines) is 1. The van der Waals surface area contributed by atoms with Crippen molar-refractivity contribution in [2.45, 2.75) is 18.9 Å². The van der Waals surface area contributed by atoms with Crippen LogP contribution in [0.25, 0.3) is 0 Å². The molecule has 0 aliphatic carbocycles. The highest BCUT2D eigenvalue weighted by molar-refractivity contribution is 5.31. The van der Waals surface area contributed by atoms with Gasteiger partial charge in [0.15, 0.2) is 0 Å². The lowest BCUT2D eigenvalue weighted by Gasteiger charge is -2.29. The van der Waals surface area contributed by atoms with Gasteiger partial charge in [-0.3, -0.25) is 0 Å². The van der Waals surface area contributed by atoms with Gasteiger partial charge in [0.1, 0.15) is 17.6 Å². The third-order valence-corrected chi connectivity index (χ3v) is 2.79. The topological polar surface area (TPSA) is 32.7 Å². The van der Waals surface area contributed by atoms with Crippen molar-refractivity contribution in [2.24, 2.45) is 0 Å². The van der Waals surface area contributed by atoms with Crippen LogP contribution in [0.5, 0.6) is 11.5 Å². The predicted molar refractivity (Wildman–Crippen MR) is 59.3 cm³/mol. The quantitative estimate of drug-likeness (QED) is 0.803. The van der Waals surface area contributed by atoms with E-state index in [0.29, 0.717) is 6.10 Å². The molecule has 0 amide bonds. The molecule has 0 radical (unpaired) electrons. The molecule has 1 aromatic carbocycles. The van der Waals surface area contributed by atoms with E-state index < -0.39 is 0 Å². The van der Waals surface area contributed by atoms with Gasteiger partial charge in [0, 0.05) is 19.2 Å². The lowest BCUT2D eigenvalue weighted by Crippen LogP contribution is -2.35. The van der Waals surface area contributed by atoms with E-state index in [1.807, 2.05) is 6.07 Å². The number of phenols is 1. The first-order chi connectivity index (χ1) is 7.24. The van der Waals surface area contributed by atoms with E-state index in [9.17, 15) is 5.11 Å². The normalized spacial score (nSPS) is 19.0.